The molecule has 1 aliphatic rings. The summed E-state index contributed by atoms with van der Waals surface area (Å²) < 4.78 is 12.1. The maximum Gasteiger partial charge on any atom is 0.182 e. The highest BCUT2D eigenvalue weighted by atomic mass is 32.1. The first-order valence-corrected chi connectivity index (χ1v) is 9.95. The van der Waals surface area contributed by atoms with Crippen molar-refractivity contribution >= 4 is 22.3 Å². The Balaban J connectivity index is 1.37. The molecule has 1 aromatic heterocycles. The Bertz CT molecular complexity index is 987. The molecule has 5 N–H and O–H groups in total. The fourth-order valence-corrected chi connectivity index (χ4v) is 4.10. The van der Waals surface area contributed by atoms with Gasteiger partial charge in [-0.3, -0.25) is 0 Å². The molecule has 7 heteroatoms. The van der Waals surface area contributed by atoms with Gasteiger partial charge in [-0.25, -0.2) is 4.98 Å². The Morgan fingerprint density at radius 2 is 2.00 bits per heavy atom. The van der Waals surface area contributed by atoms with Crippen LogP contribution >= 0.6 is 11.3 Å². The molecule has 0 saturated heterocycles. The number of phenols is 1. The second kappa shape index (κ2) is 7.24. The maximum atomic E-state index is 9.61. The van der Waals surface area contributed by atoms with Crippen molar-refractivity contribution in [3.05, 3.63) is 58.5 Å². The minimum atomic E-state index is -0.405. The van der Waals surface area contributed by atoms with Gasteiger partial charge in [-0.1, -0.05) is 23.5 Å². The van der Waals surface area contributed by atoms with E-state index in [2.05, 4.69) is 4.98 Å². The minimum Gasteiger partial charge on any atom is -0.508 e. The number of nitrogen functional groups attached to an aromatic ring is 2. The van der Waals surface area contributed by atoms with Crippen molar-refractivity contribution in [1.82, 2.24) is 4.98 Å². The lowest BCUT2D eigenvalue weighted by molar-refractivity contribution is 0.0175. The van der Waals surface area contributed by atoms with Gasteiger partial charge in [0.05, 0.1) is 4.88 Å². The molecule has 28 heavy (non-hydrogen) atoms. The zero-order chi connectivity index (χ0) is 19.7. The van der Waals surface area contributed by atoms with E-state index in [1.807, 2.05) is 37.3 Å². The number of anilines is 2. The molecule has 4 rings (SSSR count). The SMILES string of the molecule is CC1(COc2ccc(Cc3sc(N)nc3N)cc2)CCc2cc(O)ccc2O1. The summed E-state index contributed by atoms with van der Waals surface area (Å²) in [5.41, 5.74) is 13.3. The van der Waals surface area contributed by atoms with Gasteiger partial charge in [0.2, 0.25) is 0 Å². The number of aryl methyl sites for hydroxylation is 1. The average molecular weight is 398 g/mol. The highest BCUT2D eigenvalue weighted by molar-refractivity contribution is 7.15. The summed E-state index contributed by atoms with van der Waals surface area (Å²) in [5, 5.41) is 10.1. The highest BCUT2D eigenvalue weighted by Crippen LogP contribution is 2.35. The van der Waals surface area contributed by atoms with Crippen molar-refractivity contribution in [2.75, 3.05) is 18.1 Å². The number of hydrogen-bond acceptors (Lipinski definition) is 7. The lowest BCUT2D eigenvalue weighted by Gasteiger charge is -2.35. The van der Waals surface area contributed by atoms with Gasteiger partial charge in [0.1, 0.15) is 35.3 Å². The van der Waals surface area contributed by atoms with Gasteiger partial charge in [0.15, 0.2) is 5.13 Å². The molecule has 0 amide bonds. The highest BCUT2D eigenvalue weighted by Gasteiger charge is 2.32. The number of ether oxygens (including phenoxy) is 2. The number of rotatable bonds is 5. The molecule has 1 aliphatic heterocycles. The molecular formula is C21H23N3O3S. The number of benzene rings is 2. The predicted molar refractivity (Wildman–Crippen MR) is 111 cm³/mol. The molecule has 0 aliphatic carbocycles. The van der Waals surface area contributed by atoms with Gasteiger partial charge >= 0.3 is 0 Å². The van der Waals surface area contributed by atoms with Crippen LogP contribution in [0.1, 0.15) is 29.3 Å². The standard InChI is InChI=1S/C21H23N3O3S/c1-21(9-8-14-11-15(25)4-7-17(14)27-21)12-26-16-5-2-13(3-6-16)10-18-19(22)24-20(23)28-18/h2-7,11,25H,8-10,12,22H2,1H3,(H2,23,24). The van der Waals surface area contributed by atoms with E-state index in [-0.39, 0.29) is 5.75 Å². The number of nitrogens with two attached hydrogens (primary N) is 2. The van der Waals surface area contributed by atoms with Crippen molar-refractivity contribution < 1.29 is 14.6 Å². The number of aromatic nitrogens is 1. The van der Waals surface area contributed by atoms with Gasteiger partial charge in [-0.05, 0) is 61.2 Å². The first kappa shape index (κ1) is 18.4. The largest absolute Gasteiger partial charge is 0.508 e. The van der Waals surface area contributed by atoms with Gasteiger partial charge < -0.3 is 26.0 Å². The van der Waals surface area contributed by atoms with Crippen LogP contribution in [0.5, 0.6) is 17.2 Å². The normalized spacial score (nSPS) is 18.3. The Labute approximate surface area is 167 Å². The molecule has 2 aromatic carbocycles. The third-order valence-electron chi connectivity index (χ3n) is 4.90. The van der Waals surface area contributed by atoms with Crippen LogP contribution in [-0.4, -0.2) is 22.3 Å². The zero-order valence-corrected chi connectivity index (χ0v) is 16.5. The van der Waals surface area contributed by atoms with Crippen molar-refractivity contribution in [2.45, 2.75) is 31.8 Å². The second-order valence-corrected chi connectivity index (χ2v) is 8.43. The van der Waals surface area contributed by atoms with E-state index in [1.54, 1.807) is 12.1 Å². The lowest BCUT2D eigenvalue weighted by atomic mass is 9.93. The number of fused-ring (bicyclic) bond motifs is 1. The fraction of sp³-hybridized carbons (Fsp3) is 0.286. The van der Waals surface area contributed by atoms with Crippen LogP contribution in [0.25, 0.3) is 0 Å². The van der Waals surface area contributed by atoms with Gasteiger partial charge in [0.25, 0.3) is 0 Å². The van der Waals surface area contributed by atoms with E-state index in [0.29, 0.717) is 24.0 Å². The zero-order valence-electron chi connectivity index (χ0n) is 15.6. The average Bonchev–Trinajstić information content (AvgIpc) is 2.98. The summed E-state index contributed by atoms with van der Waals surface area (Å²) in [6, 6.07) is 13.2. The number of thiazole rings is 1. The quantitative estimate of drug-likeness (QED) is 0.605. The summed E-state index contributed by atoms with van der Waals surface area (Å²) in [6.45, 7) is 2.50. The monoisotopic (exact) mass is 397 g/mol. The second-order valence-electron chi connectivity index (χ2n) is 7.31. The van der Waals surface area contributed by atoms with E-state index in [9.17, 15) is 5.11 Å². The van der Waals surface area contributed by atoms with Crippen LogP contribution < -0.4 is 20.9 Å². The Kier molecular flexibility index (Phi) is 4.77. The minimum absolute atomic E-state index is 0.269. The Hall–Kier alpha value is -2.93. The summed E-state index contributed by atoms with van der Waals surface area (Å²) in [4.78, 5) is 5.03. The van der Waals surface area contributed by atoms with Crippen LogP contribution in [0, 0.1) is 0 Å². The first-order chi connectivity index (χ1) is 13.4. The van der Waals surface area contributed by atoms with Crippen LogP contribution in [0.15, 0.2) is 42.5 Å². The van der Waals surface area contributed by atoms with Crippen LogP contribution in [0.4, 0.5) is 10.9 Å². The summed E-state index contributed by atoms with van der Waals surface area (Å²) in [6.07, 6.45) is 2.38. The summed E-state index contributed by atoms with van der Waals surface area (Å²) in [7, 11) is 0. The van der Waals surface area contributed by atoms with Crippen LogP contribution in [-0.2, 0) is 12.8 Å². The van der Waals surface area contributed by atoms with Crippen molar-refractivity contribution in [3.8, 4) is 17.2 Å². The molecule has 0 fully saturated rings. The lowest BCUT2D eigenvalue weighted by Crippen LogP contribution is -2.42. The molecule has 0 spiro atoms. The third kappa shape index (κ3) is 3.99. The molecule has 1 unspecified atom stereocenters. The number of hydrogen-bond donors (Lipinski definition) is 3. The Morgan fingerprint density at radius 1 is 1.21 bits per heavy atom. The van der Waals surface area contributed by atoms with Crippen LogP contribution in [0.2, 0.25) is 0 Å². The number of phenolic OH excluding ortho intramolecular Hbond substituents is 1. The van der Waals surface area contributed by atoms with Crippen molar-refractivity contribution in [1.29, 1.82) is 0 Å². The molecule has 0 radical (unpaired) electrons. The molecule has 0 bridgehead atoms. The molecule has 146 valence electrons. The van der Waals surface area contributed by atoms with E-state index >= 15 is 0 Å². The van der Waals surface area contributed by atoms with Gasteiger partial charge in [-0.2, -0.15) is 0 Å². The first-order valence-electron chi connectivity index (χ1n) is 9.13. The Morgan fingerprint density at radius 3 is 2.71 bits per heavy atom. The van der Waals surface area contributed by atoms with Crippen molar-refractivity contribution in [2.24, 2.45) is 0 Å². The van der Waals surface area contributed by atoms with Gasteiger partial charge in [0, 0.05) is 6.42 Å². The topological polar surface area (TPSA) is 104 Å². The van der Waals surface area contributed by atoms with E-state index in [4.69, 9.17) is 20.9 Å². The molecule has 3 aromatic rings. The van der Waals surface area contributed by atoms with E-state index in [0.717, 1.165) is 40.3 Å². The summed E-state index contributed by atoms with van der Waals surface area (Å²) in [5.74, 6) is 2.37. The summed E-state index contributed by atoms with van der Waals surface area (Å²) >= 11 is 1.42. The molecule has 0 saturated carbocycles. The third-order valence-corrected chi connectivity index (χ3v) is 5.80. The van der Waals surface area contributed by atoms with E-state index < -0.39 is 5.60 Å². The molecule has 1 atom stereocenters. The number of nitrogens with zero attached hydrogens (tertiary/aromatic N) is 1. The van der Waals surface area contributed by atoms with E-state index in [1.165, 1.54) is 11.3 Å². The predicted octanol–water partition coefficient (Wildman–Crippen LogP) is 3.77. The number of aromatic hydroxyl groups is 1. The molecule has 6 nitrogen and oxygen atoms in total. The molecular weight excluding hydrogens is 374 g/mol. The maximum absolute atomic E-state index is 9.61. The van der Waals surface area contributed by atoms with Crippen LogP contribution in [0.3, 0.4) is 0 Å². The smallest absolute Gasteiger partial charge is 0.182 e. The fourth-order valence-electron chi connectivity index (χ4n) is 3.31. The molecule has 2 heterocycles. The van der Waals surface area contributed by atoms with Gasteiger partial charge in [-0.15, -0.1) is 0 Å². The van der Waals surface area contributed by atoms with Crippen molar-refractivity contribution in [3.63, 3.8) is 0 Å².